The van der Waals surface area contributed by atoms with Gasteiger partial charge in [-0.05, 0) is 25.5 Å². The van der Waals surface area contributed by atoms with Crippen LogP contribution < -0.4 is 15.4 Å². The van der Waals surface area contributed by atoms with Gasteiger partial charge in [-0.1, -0.05) is 31.9 Å². The van der Waals surface area contributed by atoms with E-state index in [0.717, 1.165) is 30.7 Å². The molecule has 6 heteroatoms. The quantitative estimate of drug-likeness (QED) is 0.689. The first kappa shape index (κ1) is 17.7. The molecule has 2 N–H and O–H groups in total. The zero-order chi connectivity index (χ0) is 17.2. The second-order valence-corrected chi connectivity index (χ2v) is 5.31. The Kier molecular flexibility index (Phi) is 7.01. The maximum atomic E-state index is 12.0. The van der Waals surface area contributed by atoms with Gasteiger partial charge in [-0.25, -0.2) is 9.97 Å². The summed E-state index contributed by atoms with van der Waals surface area (Å²) in [6, 6.07) is 7.58. The topological polar surface area (TPSA) is 76.1 Å². The zero-order valence-electron chi connectivity index (χ0n) is 14.2. The Morgan fingerprint density at radius 1 is 1.12 bits per heavy atom. The van der Waals surface area contributed by atoms with Crippen molar-refractivity contribution in [3.63, 3.8) is 0 Å². The predicted molar refractivity (Wildman–Crippen MR) is 94.8 cm³/mol. The highest BCUT2D eigenvalue weighted by Gasteiger charge is 2.08. The maximum Gasteiger partial charge on any atom is 0.254 e. The van der Waals surface area contributed by atoms with E-state index in [4.69, 9.17) is 4.74 Å². The smallest absolute Gasteiger partial charge is 0.254 e. The van der Waals surface area contributed by atoms with E-state index >= 15 is 0 Å². The predicted octanol–water partition coefficient (Wildman–Crippen LogP) is 3.54. The number of amides is 1. The highest BCUT2D eigenvalue weighted by Crippen LogP contribution is 2.25. The summed E-state index contributed by atoms with van der Waals surface area (Å²) in [6.07, 6.45) is 6.26. The molecule has 1 heterocycles. The van der Waals surface area contributed by atoms with Crippen molar-refractivity contribution in [1.29, 1.82) is 0 Å². The fourth-order valence-electron chi connectivity index (χ4n) is 2.16. The summed E-state index contributed by atoms with van der Waals surface area (Å²) in [7, 11) is 0. The minimum absolute atomic E-state index is 0.146. The summed E-state index contributed by atoms with van der Waals surface area (Å²) in [4.78, 5) is 20.4. The number of benzene rings is 1. The van der Waals surface area contributed by atoms with Gasteiger partial charge in [-0.3, -0.25) is 4.79 Å². The summed E-state index contributed by atoms with van der Waals surface area (Å²) in [5.74, 6) is 1.01. The lowest BCUT2D eigenvalue weighted by molar-refractivity contribution is 0.0952. The molecule has 128 valence electrons. The van der Waals surface area contributed by atoms with Gasteiger partial charge in [-0.2, -0.15) is 0 Å². The van der Waals surface area contributed by atoms with Crippen molar-refractivity contribution >= 4 is 17.5 Å². The molecule has 0 atom stereocenters. The Balaban J connectivity index is 1.96. The molecule has 1 aromatic heterocycles. The summed E-state index contributed by atoms with van der Waals surface area (Å²) >= 11 is 0. The SMILES string of the molecule is CCCCCNC(=O)c1cnc(Nc2ccccc2OCC)nc1. The van der Waals surface area contributed by atoms with Crippen LogP contribution in [0, 0.1) is 0 Å². The van der Waals surface area contributed by atoms with Gasteiger partial charge in [-0.15, -0.1) is 0 Å². The van der Waals surface area contributed by atoms with E-state index in [9.17, 15) is 4.79 Å². The Labute approximate surface area is 142 Å². The van der Waals surface area contributed by atoms with E-state index in [1.807, 2.05) is 31.2 Å². The van der Waals surface area contributed by atoms with Crippen molar-refractivity contribution in [2.24, 2.45) is 0 Å². The Hall–Kier alpha value is -2.63. The van der Waals surface area contributed by atoms with Crippen LogP contribution in [0.15, 0.2) is 36.7 Å². The van der Waals surface area contributed by atoms with Crippen molar-refractivity contribution in [3.05, 3.63) is 42.2 Å². The van der Waals surface area contributed by atoms with E-state index in [0.29, 0.717) is 24.7 Å². The summed E-state index contributed by atoms with van der Waals surface area (Å²) in [5, 5.41) is 5.97. The van der Waals surface area contributed by atoms with E-state index in [1.165, 1.54) is 12.4 Å². The van der Waals surface area contributed by atoms with Crippen LogP contribution in [0.4, 0.5) is 11.6 Å². The molecule has 0 saturated heterocycles. The lowest BCUT2D eigenvalue weighted by Gasteiger charge is -2.11. The van der Waals surface area contributed by atoms with Crippen LogP contribution in [0.1, 0.15) is 43.5 Å². The number of nitrogens with one attached hydrogen (secondary N) is 2. The fraction of sp³-hybridized carbons (Fsp3) is 0.389. The van der Waals surface area contributed by atoms with Crippen LogP contribution in [0.2, 0.25) is 0 Å². The minimum atomic E-state index is -0.146. The van der Waals surface area contributed by atoms with Gasteiger partial charge in [0.1, 0.15) is 5.75 Å². The van der Waals surface area contributed by atoms with Crippen LogP contribution in [0.5, 0.6) is 5.75 Å². The number of aromatic nitrogens is 2. The van der Waals surface area contributed by atoms with Gasteiger partial charge in [0.25, 0.3) is 5.91 Å². The van der Waals surface area contributed by atoms with Crippen LogP contribution >= 0.6 is 0 Å². The molecule has 0 aliphatic carbocycles. The zero-order valence-corrected chi connectivity index (χ0v) is 14.2. The Bertz CT molecular complexity index is 644. The van der Waals surface area contributed by atoms with E-state index in [2.05, 4.69) is 27.5 Å². The molecule has 24 heavy (non-hydrogen) atoms. The third-order valence-electron chi connectivity index (χ3n) is 3.41. The molecular formula is C18H24N4O2. The second kappa shape index (κ2) is 9.50. The van der Waals surface area contributed by atoms with Crippen molar-refractivity contribution < 1.29 is 9.53 Å². The third kappa shape index (κ3) is 5.22. The summed E-state index contributed by atoms with van der Waals surface area (Å²) < 4.78 is 5.55. The molecule has 0 spiro atoms. The number of nitrogens with zero attached hydrogens (tertiary/aromatic N) is 2. The normalized spacial score (nSPS) is 10.2. The lowest BCUT2D eigenvalue weighted by atomic mass is 10.2. The number of anilines is 2. The number of hydrogen-bond donors (Lipinski definition) is 2. The summed E-state index contributed by atoms with van der Waals surface area (Å²) in [5.41, 5.74) is 1.24. The van der Waals surface area contributed by atoms with Crippen molar-refractivity contribution in [3.8, 4) is 5.75 Å². The highest BCUT2D eigenvalue weighted by molar-refractivity contribution is 5.93. The standard InChI is InChI=1S/C18H24N4O2/c1-3-5-8-11-19-17(23)14-12-20-18(21-13-14)22-15-9-6-7-10-16(15)24-4-2/h6-7,9-10,12-13H,3-5,8,11H2,1-2H3,(H,19,23)(H,20,21,22). The van der Waals surface area contributed by atoms with E-state index < -0.39 is 0 Å². The first-order valence-electron chi connectivity index (χ1n) is 8.33. The first-order chi connectivity index (χ1) is 11.7. The van der Waals surface area contributed by atoms with Gasteiger partial charge < -0.3 is 15.4 Å². The second-order valence-electron chi connectivity index (χ2n) is 5.31. The molecule has 0 fully saturated rings. The first-order valence-corrected chi connectivity index (χ1v) is 8.33. The molecule has 0 unspecified atom stereocenters. The van der Waals surface area contributed by atoms with E-state index in [-0.39, 0.29) is 5.91 Å². The lowest BCUT2D eigenvalue weighted by Crippen LogP contribution is -2.24. The molecular weight excluding hydrogens is 304 g/mol. The number of hydrogen-bond acceptors (Lipinski definition) is 5. The van der Waals surface area contributed by atoms with Gasteiger partial charge in [0.2, 0.25) is 5.95 Å². The summed E-state index contributed by atoms with van der Waals surface area (Å²) in [6.45, 7) is 5.32. The number of carbonyl (C=O) groups is 1. The van der Waals surface area contributed by atoms with E-state index in [1.54, 1.807) is 0 Å². The maximum absolute atomic E-state index is 12.0. The molecule has 2 rings (SSSR count). The average Bonchev–Trinajstić information content (AvgIpc) is 2.61. The van der Waals surface area contributed by atoms with Gasteiger partial charge in [0.05, 0.1) is 17.9 Å². The van der Waals surface area contributed by atoms with Crippen LogP contribution in [-0.4, -0.2) is 29.0 Å². The fourth-order valence-corrected chi connectivity index (χ4v) is 2.16. The number of ether oxygens (including phenoxy) is 1. The largest absolute Gasteiger partial charge is 0.492 e. The molecule has 0 radical (unpaired) electrons. The molecule has 2 aromatic rings. The van der Waals surface area contributed by atoms with Crippen LogP contribution in [0.3, 0.4) is 0 Å². The van der Waals surface area contributed by atoms with Crippen LogP contribution in [-0.2, 0) is 0 Å². The molecule has 0 saturated carbocycles. The number of unbranched alkanes of at least 4 members (excludes halogenated alkanes) is 2. The van der Waals surface area contributed by atoms with Crippen molar-refractivity contribution in [1.82, 2.24) is 15.3 Å². The van der Waals surface area contributed by atoms with Crippen LogP contribution in [0.25, 0.3) is 0 Å². The van der Waals surface area contributed by atoms with Crippen molar-refractivity contribution in [2.75, 3.05) is 18.5 Å². The van der Waals surface area contributed by atoms with Gasteiger partial charge in [0, 0.05) is 18.9 Å². The minimum Gasteiger partial charge on any atom is -0.492 e. The Morgan fingerprint density at radius 2 is 1.88 bits per heavy atom. The number of para-hydroxylation sites is 2. The van der Waals surface area contributed by atoms with Gasteiger partial charge in [0.15, 0.2) is 0 Å². The van der Waals surface area contributed by atoms with Gasteiger partial charge >= 0.3 is 0 Å². The number of rotatable bonds is 9. The van der Waals surface area contributed by atoms with Crippen molar-refractivity contribution in [2.45, 2.75) is 33.1 Å². The number of carbonyl (C=O) groups excluding carboxylic acids is 1. The molecule has 1 amide bonds. The molecule has 0 aliphatic heterocycles. The molecule has 1 aromatic carbocycles. The molecule has 6 nitrogen and oxygen atoms in total. The molecule has 0 aliphatic rings. The molecule has 0 bridgehead atoms. The third-order valence-corrected chi connectivity index (χ3v) is 3.41. The average molecular weight is 328 g/mol. The highest BCUT2D eigenvalue weighted by atomic mass is 16.5. The Morgan fingerprint density at radius 3 is 2.58 bits per heavy atom. The monoisotopic (exact) mass is 328 g/mol.